The molecule has 2 heterocycles. The molecule has 0 atom stereocenters. The molecule has 0 saturated carbocycles. The van der Waals surface area contributed by atoms with Crippen LogP contribution in [0.15, 0.2) is 65.6 Å². The minimum atomic E-state index is -4.51. The van der Waals surface area contributed by atoms with Crippen molar-refractivity contribution in [3.8, 4) is 0 Å². The second kappa shape index (κ2) is 15.6. The first-order chi connectivity index (χ1) is 19.6. The molecule has 0 N–H and O–H groups in total. The van der Waals surface area contributed by atoms with Gasteiger partial charge in [0.15, 0.2) is 5.71 Å². The first-order valence-corrected chi connectivity index (χ1v) is 16.9. The van der Waals surface area contributed by atoms with Crippen LogP contribution in [0.1, 0.15) is 81.2 Å². The van der Waals surface area contributed by atoms with Gasteiger partial charge < -0.3 is 9.45 Å². The third kappa shape index (κ3) is 8.42. The summed E-state index contributed by atoms with van der Waals surface area (Å²) < 4.78 is 37.1. The van der Waals surface area contributed by atoms with Crippen LogP contribution in [0.5, 0.6) is 0 Å². The summed E-state index contributed by atoms with van der Waals surface area (Å²) in [6.07, 6.45) is 13.4. The molecule has 2 aromatic carbocycles. The van der Waals surface area contributed by atoms with E-state index in [9.17, 15) is 13.0 Å². The number of hydrogen-bond donors (Lipinski definition) is 0. The molecule has 218 valence electrons. The summed E-state index contributed by atoms with van der Waals surface area (Å²) in [4.78, 5) is 4.64. The van der Waals surface area contributed by atoms with Crippen LogP contribution >= 0.6 is 11.3 Å². The first-order valence-electron chi connectivity index (χ1n) is 14.6. The normalized spacial score (nSPS) is 14.5. The van der Waals surface area contributed by atoms with Gasteiger partial charge >= 0.3 is 51.4 Å². The van der Waals surface area contributed by atoms with Crippen molar-refractivity contribution in [3.63, 3.8) is 0 Å². The van der Waals surface area contributed by atoms with Crippen LogP contribution in [0.25, 0.3) is 18.2 Å². The SMILES string of the molecule is CCCCN(CCCC)c1ccc(/C=C/c2ccc(/C=C/C3=[N+](CC)c4ccc(S(=O)(=O)[O-])cc4C3(C)C)s2)cc1.[K+]. The van der Waals surface area contributed by atoms with E-state index in [-0.39, 0.29) is 56.3 Å². The zero-order chi connectivity index (χ0) is 29.6. The Labute approximate surface area is 299 Å². The van der Waals surface area contributed by atoms with E-state index < -0.39 is 15.5 Å². The van der Waals surface area contributed by atoms with E-state index >= 15 is 0 Å². The molecule has 4 rings (SSSR count). The number of hydrogen-bond acceptors (Lipinski definition) is 5. The molecule has 0 fully saturated rings. The van der Waals surface area contributed by atoms with Gasteiger partial charge in [0.25, 0.3) is 0 Å². The second-order valence-corrected chi connectivity index (χ2v) is 13.6. The summed E-state index contributed by atoms with van der Waals surface area (Å²) >= 11 is 1.73. The summed E-state index contributed by atoms with van der Waals surface area (Å²) in [5, 5.41) is 0. The Morgan fingerprint density at radius 2 is 1.45 bits per heavy atom. The molecule has 0 bridgehead atoms. The summed E-state index contributed by atoms with van der Waals surface area (Å²) in [5.41, 5.74) is 4.93. The molecule has 0 saturated heterocycles. The van der Waals surface area contributed by atoms with Crippen LogP contribution in [0, 0.1) is 0 Å². The Kier molecular flexibility index (Phi) is 13.0. The monoisotopic (exact) mass is 629 g/mol. The third-order valence-electron chi connectivity index (χ3n) is 7.78. The number of benzene rings is 2. The largest absolute Gasteiger partial charge is 1.00 e. The fraction of sp³-hybridized carbons (Fsp3) is 0.382. The number of nitrogens with zero attached hydrogens (tertiary/aromatic N) is 2. The summed E-state index contributed by atoms with van der Waals surface area (Å²) in [5.74, 6) is 0. The third-order valence-corrected chi connectivity index (χ3v) is 9.63. The number of fused-ring (bicyclic) bond motifs is 1. The van der Waals surface area contributed by atoms with Crippen LogP contribution in [0.4, 0.5) is 11.4 Å². The summed E-state index contributed by atoms with van der Waals surface area (Å²) in [6, 6.07) is 17.8. The average molecular weight is 630 g/mol. The zero-order valence-electron chi connectivity index (χ0n) is 25.9. The van der Waals surface area contributed by atoms with Crippen LogP contribution in [-0.4, -0.2) is 42.9 Å². The van der Waals surface area contributed by atoms with Crippen molar-refractivity contribution in [3.05, 3.63) is 81.6 Å². The standard InChI is InChI=1S/C34H42N2O3S2.K/c1-6-9-23-35(24-10-7-2)27-14-11-26(12-15-27)13-16-28-17-18-29(40-28)19-22-33-34(4,5)31-25-30(41(37,38)39)20-21-32(31)36(33)8-3;/h11-22,25H,6-10,23-24H2,1-5H3;/q;+1. The Morgan fingerprint density at radius 3 is 2.00 bits per heavy atom. The maximum absolute atomic E-state index is 11.6. The molecule has 1 aromatic heterocycles. The van der Waals surface area contributed by atoms with Crippen molar-refractivity contribution in [1.29, 1.82) is 0 Å². The van der Waals surface area contributed by atoms with Gasteiger partial charge in [0.1, 0.15) is 16.7 Å². The van der Waals surface area contributed by atoms with Crippen molar-refractivity contribution in [1.82, 2.24) is 0 Å². The summed E-state index contributed by atoms with van der Waals surface area (Å²) in [6.45, 7) is 13.7. The Morgan fingerprint density at radius 1 is 0.857 bits per heavy atom. The second-order valence-electron chi connectivity index (χ2n) is 11.1. The average Bonchev–Trinajstić information content (AvgIpc) is 3.49. The molecule has 42 heavy (non-hydrogen) atoms. The van der Waals surface area contributed by atoms with Gasteiger partial charge in [-0.05, 0) is 87.7 Å². The van der Waals surface area contributed by atoms with E-state index in [2.05, 4.69) is 105 Å². The topological polar surface area (TPSA) is 63.5 Å². The molecule has 0 radical (unpaired) electrons. The van der Waals surface area contributed by atoms with Gasteiger partial charge in [-0.2, -0.15) is 4.58 Å². The van der Waals surface area contributed by atoms with Gasteiger partial charge in [0, 0.05) is 46.2 Å². The molecule has 8 heteroatoms. The number of unbranched alkanes of at least 4 members (excludes halogenated alkanes) is 2. The van der Waals surface area contributed by atoms with Crippen molar-refractivity contribution in [2.75, 3.05) is 24.5 Å². The molecule has 1 aliphatic rings. The number of allylic oxidation sites excluding steroid dienone is 1. The van der Waals surface area contributed by atoms with Crippen LogP contribution in [0.2, 0.25) is 0 Å². The van der Waals surface area contributed by atoms with E-state index in [1.165, 1.54) is 53.9 Å². The number of rotatable bonds is 13. The van der Waals surface area contributed by atoms with Gasteiger partial charge in [-0.15, -0.1) is 11.3 Å². The van der Waals surface area contributed by atoms with E-state index in [0.29, 0.717) is 0 Å². The van der Waals surface area contributed by atoms with E-state index in [1.807, 2.05) is 0 Å². The molecule has 5 nitrogen and oxygen atoms in total. The smallest absolute Gasteiger partial charge is 0.744 e. The van der Waals surface area contributed by atoms with Crippen molar-refractivity contribution >= 4 is 56.8 Å². The molecule has 3 aromatic rings. The molecule has 0 unspecified atom stereocenters. The molecule has 0 spiro atoms. The maximum atomic E-state index is 11.6. The van der Waals surface area contributed by atoms with Gasteiger partial charge in [-0.25, -0.2) is 8.42 Å². The Balaban J connectivity index is 0.00000484. The number of thiophene rings is 1. The number of anilines is 1. The van der Waals surface area contributed by atoms with Crippen molar-refractivity contribution in [2.45, 2.75) is 70.6 Å². The maximum Gasteiger partial charge on any atom is 1.00 e. The predicted octanol–water partition coefficient (Wildman–Crippen LogP) is 5.34. The first kappa shape index (κ1) is 35.1. The van der Waals surface area contributed by atoms with Crippen LogP contribution in [0.3, 0.4) is 0 Å². The molecule has 0 amide bonds. The Hall–Kier alpha value is -1.36. The summed E-state index contributed by atoms with van der Waals surface area (Å²) in [7, 11) is -4.51. The van der Waals surface area contributed by atoms with Crippen molar-refractivity contribution in [2.24, 2.45) is 0 Å². The predicted molar refractivity (Wildman–Crippen MR) is 174 cm³/mol. The van der Waals surface area contributed by atoms with Gasteiger partial charge in [0.05, 0.1) is 10.3 Å². The molecular formula is C34H42KN2O3S2+. The van der Waals surface area contributed by atoms with Crippen LogP contribution < -0.4 is 56.3 Å². The zero-order valence-corrected chi connectivity index (χ0v) is 30.6. The van der Waals surface area contributed by atoms with Crippen LogP contribution in [-0.2, 0) is 15.5 Å². The van der Waals surface area contributed by atoms with Gasteiger partial charge in [0.2, 0.25) is 5.69 Å². The van der Waals surface area contributed by atoms with E-state index in [4.69, 9.17) is 0 Å². The van der Waals surface area contributed by atoms with Gasteiger partial charge in [-0.3, -0.25) is 0 Å². The minimum absolute atomic E-state index is 0. The van der Waals surface area contributed by atoms with Gasteiger partial charge in [-0.1, -0.05) is 44.9 Å². The molecular weight excluding hydrogens is 588 g/mol. The molecule has 1 aliphatic heterocycles. The quantitative estimate of drug-likeness (QED) is 0.146. The van der Waals surface area contributed by atoms with E-state index in [0.717, 1.165) is 41.5 Å². The fourth-order valence-electron chi connectivity index (χ4n) is 5.40. The fourth-order valence-corrected chi connectivity index (χ4v) is 6.72. The van der Waals surface area contributed by atoms with E-state index in [1.54, 1.807) is 17.4 Å². The minimum Gasteiger partial charge on any atom is -0.744 e. The van der Waals surface area contributed by atoms with Crippen molar-refractivity contribution < 1.29 is 68.9 Å². The molecule has 0 aliphatic carbocycles. The Bertz CT molecular complexity index is 1540.